The molecule has 0 unspecified atom stereocenters. The number of phenols is 1. The van der Waals surface area contributed by atoms with Crippen molar-refractivity contribution < 1.29 is 20.1 Å². The van der Waals surface area contributed by atoms with Crippen LogP contribution < -0.4 is 5.32 Å². The molecule has 5 nitrogen and oxygen atoms in total. The molecule has 2 aromatic carbocycles. The molecule has 0 saturated heterocycles. The minimum Gasteiger partial charge on any atom is -0.508 e. The summed E-state index contributed by atoms with van der Waals surface area (Å²) < 4.78 is 5.73. The molecule has 4 N–H and O–H groups in total. The molecule has 0 radical (unpaired) electrons. The number of aryl methyl sites for hydroxylation is 1. The van der Waals surface area contributed by atoms with E-state index in [9.17, 15) is 15.3 Å². The molecule has 0 aliphatic rings. The Balaban J connectivity index is 1.45. The molecule has 0 heterocycles. The van der Waals surface area contributed by atoms with Gasteiger partial charge >= 0.3 is 0 Å². The molecule has 166 valence electrons. The Morgan fingerprint density at radius 3 is 2.20 bits per heavy atom. The molecule has 0 aliphatic carbocycles. The van der Waals surface area contributed by atoms with Crippen LogP contribution in [0.25, 0.3) is 0 Å². The summed E-state index contributed by atoms with van der Waals surface area (Å²) in [7, 11) is 0. The van der Waals surface area contributed by atoms with Crippen LogP contribution in [-0.4, -0.2) is 35.1 Å². The Kier molecular flexibility index (Phi) is 12.1. The van der Waals surface area contributed by atoms with E-state index in [1.165, 1.54) is 18.1 Å². The zero-order valence-electron chi connectivity index (χ0n) is 18.0. The van der Waals surface area contributed by atoms with Gasteiger partial charge in [0.2, 0.25) is 0 Å². The second-order valence-corrected chi connectivity index (χ2v) is 7.66. The van der Waals surface area contributed by atoms with E-state index in [-0.39, 0.29) is 19.0 Å². The predicted molar refractivity (Wildman–Crippen MR) is 120 cm³/mol. The van der Waals surface area contributed by atoms with E-state index < -0.39 is 0 Å². The zero-order chi connectivity index (χ0) is 21.4. The van der Waals surface area contributed by atoms with Crippen LogP contribution in [0.2, 0.25) is 0 Å². The summed E-state index contributed by atoms with van der Waals surface area (Å²) in [5.41, 5.74) is 3.43. The Bertz CT molecular complexity index is 706. The van der Waals surface area contributed by atoms with Crippen molar-refractivity contribution in [3.05, 3.63) is 64.7 Å². The van der Waals surface area contributed by atoms with Gasteiger partial charge in [0.15, 0.2) is 0 Å². The van der Waals surface area contributed by atoms with Crippen molar-refractivity contribution in [2.24, 2.45) is 0 Å². The molecule has 0 fully saturated rings. The first-order chi connectivity index (χ1) is 14.8. The largest absolute Gasteiger partial charge is 0.508 e. The predicted octanol–water partition coefficient (Wildman–Crippen LogP) is 4.07. The summed E-state index contributed by atoms with van der Waals surface area (Å²) in [4.78, 5) is 0. The van der Waals surface area contributed by atoms with Gasteiger partial charge in [-0.05, 0) is 61.4 Å². The summed E-state index contributed by atoms with van der Waals surface area (Å²) in [6.45, 7) is 2.75. The fraction of sp³-hybridized carbons (Fsp3) is 0.520. The lowest BCUT2D eigenvalue weighted by Gasteiger charge is -2.14. The number of benzene rings is 2. The summed E-state index contributed by atoms with van der Waals surface area (Å²) >= 11 is 0. The van der Waals surface area contributed by atoms with E-state index in [1.807, 2.05) is 0 Å². The maximum Gasteiger partial charge on any atom is 0.121 e. The summed E-state index contributed by atoms with van der Waals surface area (Å²) in [5.74, 6) is 0.0755. The van der Waals surface area contributed by atoms with Gasteiger partial charge in [-0.1, -0.05) is 49.2 Å². The van der Waals surface area contributed by atoms with Crippen LogP contribution in [0.5, 0.6) is 5.75 Å². The molecule has 2 aromatic rings. The number of rotatable bonds is 16. The number of ether oxygens (including phenoxy) is 1. The summed E-state index contributed by atoms with van der Waals surface area (Å²) in [5, 5.41) is 32.2. The average Bonchev–Trinajstić information content (AvgIpc) is 2.77. The number of nitrogens with one attached hydrogen (secondary N) is 1. The smallest absolute Gasteiger partial charge is 0.121 e. The SMILES string of the molecule is OCc1ccc(O)c(CO)c1CNCCCCCCOCCCCc1ccccc1. The lowest BCUT2D eigenvalue weighted by molar-refractivity contribution is 0.126. The van der Waals surface area contributed by atoms with Crippen molar-refractivity contribution in [1.82, 2.24) is 5.32 Å². The Hall–Kier alpha value is -1.92. The average molecular weight is 416 g/mol. The minimum atomic E-state index is -0.233. The highest BCUT2D eigenvalue weighted by Crippen LogP contribution is 2.25. The van der Waals surface area contributed by atoms with Crippen LogP contribution in [0.15, 0.2) is 42.5 Å². The second kappa shape index (κ2) is 15.0. The standard InChI is InChI=1S/C25H37NO4/c27-19-22-13-14-25(29)24(20-28)23(22)18-26-15-7-1-2-8-16-30-17-9-6-12-21-10-4-3-5-11-21/h3-5,10-11,13-14,26-29H,1-2,6-9,12,15-20H2. The van der Waals surface area contributed by atoms with E-state index in [0.717, 1.165) is 69.4 Å². The number of aromatic hydroxyl groups is 1. The van der Waals surface area contributed by atoms with E-state index >= 15 is 0 Å². The van der Waals surface area contributed by atoms with Crippen molar-refractivity contribution in [2.45, 2.75) is 64.7 Å². The van der Waals surface area contributed by atoms with Gasteiger partial charge in [0.05, 0.1) is 13.2 Å². The number of unbranched alkanes of at least 4 members (excludes halogenated alkanes) is 4. The Labute approximate surface area is 180 Å². The molecule has 0 spiro atoms. The van der Waals surface area contributed by atoms with Crippen LogP contribution in [-0.2, 0) is 30.9 Å². The quantitative estimate of drug-likeness (QED) is 0.311. The monoisotopic (exact) mass is 415 g/mol. The maximum atomic E-state index is 9.87. The van der Waals surface area contributed by atoms with Gasteiger partial charge < -0.3 is 25.4 Å². The van der Waals surface area contributed by atoms with E-state index in [4.69, 9.17) is 4.74 Å². The van der Waals surface area contributed by atoms with Crippen LogP contribution in [0.1, 0.15) is 60.8 Å². The fourth-order valence-electron chi connectivity index (χ4n) is 3.57. The first-order valence-electron chi connectivity index (χ1n) is 11.1. The van der Waals surface area contributed by atoms with E-state index in [0.29, 0.717) is 12.1 Å². The van der Waals surface area contributed by atoms with Gasteiger partial charge in [-0.3, -0.25) is 0 Å². The van der Waals surface area contributed by atoms with Gasteiger partial charge in [0.25, 0.3) is 0 Å². The third kappa shape index (κ3) is 8.84. The zero-order valence-corrected chi connectivity index (χ0v) is 18.0. The Morgan fingerprint density at radius 2 is 1.47 bits per heavy atom. The molecule has 0 amide bonds. The van der Waals surface area contributed by atoms with Crippen molar-refractivity contribution in [3.63, 3.8) is 0 Å². The molecule has 0 aromatic heterocycles. The van der Waals surface area contributed by atoms with Crippen LogP contribution >= 0.6 is 0 Å². The van der Waals surface area contributed by atoms with E-state index in [2.05, 4.69) is 35.6 Å². The van der Waals surface area contributed by atoms with Gasteiger partial charge in [-0.25, -0.2) is 0 Å². The van der Waals surface area contributed by atoms with Gasteiger partial charge in [0.1, 0.15) is 5.75 Å². The summed E-state index contributed by atoms with van der Waals surface area (Å²) in [6.07, 6.45) is 7.86. The fourth-order valence-corrected chi connectivity index (χ4v) is 3.57. The third-order valence-electron chi connectivity index (χ3n) is 5.37. The lowest BCUT2D eigenvalue weighted by Crippen LogP contribution is -2.17. The molecule has 30 heavy (non-hydrogen) atoms. The highest BCUT2D eigenvalue weighted by molar-refractivity contribution is 5.43. The van der Waals surface area contributed by atoms with Crippen molar-refractivity contribution in [3.8, 4) is 5.75 Å². The second-order valence-electron chi connectivity index (χ2n) is 7.66. The molecule has 5 heteroatoms. The van der Waals surface area contributed by atoms with Crippen LogP contribution in [0, 0.1) is 0 Å². The highest BCUT2D eigenvalue weighted by atomic mass is 16.5. The van der Waals surface area contributed by atoms with Crippen molar-refractivity contribution in [2.75, 3.05) is 19.8 Å². The van der Waals surface area contributed by atoms with Crippen molar-refractivity contribution in [1.29, 1.82) is 0 Å². The minimum absolute atomic E-state index is 0.0755. The number of aliphatic hydroxyl groups is 2. The first-order valence-corrected chi connectivity index (χ1v) is 11.1. The molecule has 0 bridgehead atoms. The highest BCUT2D eigenvalue weighted by Gasteiger charge is 2.11. The normalized spacial score (nSPS) is 11.1. The van der Waals surface area contributed by atoms with Gasteiger partial charge in [0, 0.05) is 25.3 Å². The lowest BCUT2D eigenvalue weighted by atomic mass is 10.0. The molecule has 0 saturated carbocycles. The first kappa shape index (κ1) is 24.4. The number of hydrogen-bond acceptors (Lipinski definition) is 5. The number of aliphatic hydroxyl groups excluding tert-OH is 2. The molecule has 0 aliphatic heterocycles. The molecular formula is C25H37NO4. The third-order valence-corrected chi connectivity index (χ3v) is 5.37. The van der Waals surface area contributed by atoms with Gasteiger partial charge in [-0.15, -0.1) is 0 Å². The van der Waals surface area contributed by atoms with Crippen LogP contribution in [0.3, 0.4) is 0 Å². The summed E-state index contributed by atoms with van der Waals surface area (Å²) in [6, 6.07) is 13.8. The Morgan fingerprint density at radius 1 is 0.733 bits per heavy atom. The molecule has 2 rings (SSSR count). The molecular weight excluding hydrogens is 378 g/mol. The topological polar surface area (TPSA) is 82.0 Å². The van der Waals surface area contributed by atoms with Gasteiger partial charge in [-0.2, -0.15) is 0 Å². The van der Waals surface area contributed by atoms with Crippen molar-refractivity contribution >= 4 is 0 Å². The van der Waals surface area contributed by atoms with E-state index in [1.54, 1.807) is 6.07 Å². The van der Waals surface area contributed by atoms with Crippen LogP contribution in [0.4, 0.5) is 0 Å². The number of hydrogen-bond donors (Lipinski definition) is 4. The molecule has 0 atom stereocenters. The maximum absolute atomic E-state index is 9.87.